The van der Waals surface area contributed by atoms with Gasteiger partial charge in [0.2, 0.25) is 0 Å². The van der Waals surface area contributed by atoms with Crippen LogP contribution in [-0.2, 0) is 13.2 Å². The first-order valence-electron chi connectivity index (χ1n) is 9.60. The van der Waals surface area contributed by atoms with Gasteiger partial charge in [-0.1, -0.05) is 35.9 Å². The van der Waals surface area contributed by atoms with E-state index in [4.69, 9.17) is 21.1 Å². The smallest absolute Gasteiger partial charge is 0.180 e. The lowest BCUT2D eigenvalue weighted by molar-refractivity contribution is 0.269. The Kier molecular flexibility index (Phi) is 6.99. The fourth-order valence-electron chi connectivity index (χ4n) is 3.05. The topological polar surface area (TPSA) is 30.5 Å². The molecule has 3 aromatic carbocycles. The maximum Gasteiger partial charge on any atom is 0.180 e. The van der Waals surface area contributed by atoms with Crippen molar-refractivity contribution in [2.24, 2.45) is 0 Å². The molecular weight excluding hydrogens is 389 g/mol. The maximum atomic E-state index is 13.4. The second-order valence-corrected chi connectivity index (χ2v) is 7.26. The third-order valence-electron chi connectivity index (χ3n) is 4.73. The Balaban J connectivity index is 1.77. The summed E-state index contributed by atoms with van der Waals surface area (Å²) in [5.41, 5.74) is 5.26. The Morgan fingerprint density at radius 1 is 0.966 bits per heavy atom. The Morgan fingerprint density at radius 3 is 2.52 bits per heavy atom. The Labute approximate surface area is 176 Å². The van der Waals surface area contributed by atoms with E-state index in [0.717, 1.165) is 16.8 Å². The molecule has 0 fully saturated rings. The summed E-state index contributed by atoms with van der Waals surface area (Å²) in [6.45, 7) is 7.40. The fourth-order valence-corrected chi connectivity index (χ4v) is 3.34. The highest BCUT2D eigenvalue weighted by atomic mass is 35.5. The van der Waals surface area contributed by atoms with Gasteiger partial charge in [-0.15, -0.1) is 0 Å². The molecule has 0 bridgehead atoms. The van der Waals surface area contributed by atoms with Crippen LogP contribution in [-0.4, -0.2) is 6.61 Å². The third kappa shape index (κ3) is 5.42. The molecule has 0 amide bonds. The maximum absolute atomic E-state index is 13.4. The van der Waals surface area contributed by atoms with E-state index in [1.807, 2.05) is 25.1 Å². The molecule has 0 aliphatic carbocycles. The molecule has 0 heterocycles. The standard InChI is InChI=1S/C24H25ClFNO2/c1-4-28-23-13-19(14-27-22-10-5-7-16(2)17(22)3)12-21(25)24(23)29-15-18-8-6-9-20(26)11-18/h5-13,27H,4,14-15H2,1-3H3. The molecule has 0 aliphatic rings. The van der Waals surface area contributed by atoms with Crippen molar-refractivity contribution >= 4 is 17.3 Å². The summed E-state index contributed by atoms with van der Waals surface area (Å²) >= 11 is 6.50. The Bertz CT molecular complexity index is 991. The van der Waals surface area contributed by atoms with Gasteiger partial charge in [-0.25, -0.2) is 4.39 Å². The number of aryl methyl sites for hydroxylation is 1. The summed E-state index contributed by atoms with van der Waals surface area (Å²) in [5, 5.41) is 3.92. The summed E-state index contributed by atoms with van der Waals surface area (Å²) < 4.78 is 25.0. The average molecular weight is 414 g/mol. The lowest BCUT2D eigenvalue weighted by Crippen LogP contribution is -2.05. The molecule has 1 N–H and O–H groups in total. The normalized spacial score (nSPS) is 10.7. The SMILES string of the molecule is CCOc1cc(CNc2cccc(C)c2C)cc(Cl)c1OCc1cccc(F)c1. The van der Waals surface area contributed by atoms with E-state index in [1.165, 1.54) is 23.3 Å². The summed E-state index contributed by atoms with van der Waals surface area (Å²) in [6, 6.07) is 16.3. The highest BCUT2D eigenvalue weighted by Crippen LogP contribution is 2.37. The van der Waals surface area contributed by atoms with Crippen molar-refractivity contribution in [3.8, 4) is 11.5 Å². The molecule has 5 heteroatoms. The van der Waals surface area contributed by atoms with E-state index < -0.39 is 0 Å². The molecule has 3 nitrogen and oxygen atoms in total. The number of anilines is 1. The first-order valence-corrected chi connectivity index (χ1v) is 9.98. The molecule has 152 valence electrons. The zero-order valence-electron chi connectivity index (χ0n) is 16.9. The van der Waals surface area contributed by atoms with Crippen molar-refractivity contribution in [3.63, 3.8) is 0 Å². The van der Waals surface area contributed by atoms with Gasteiger partial charge in [0.1, 0.15) is 12.4 Å². The van der Waals surface area contributed by atoms with Gasteiger partial charge in [-0.05, 0) is 73.4 Å². The van der Waals surface area contributed by atoms with Crippen molar-refractivity contribution in [3.05, 3.63) is 87.7 Å². The predicted octanol–water partition coefficient (Wildman–Crippen LogP) is 6.69. The number of benzene rings is 3. The molecular formula is C24H25ClFNO2. The van der Waals surface area contributed by atoms with Crippen molar-refractivity contribution < 1.29 is 13.9 Å². The van der Waals surface area contributed by atoms with Crippen LogP contribution in [0.5, 0.6) is 11.5 Å². The van der Waals surface area contributed by atoms with Crippen LogP contribution in [0.15, 0.2) is 54.6 Å². The lowest BCUT2D eigenvalue weighted by Gasteiger charge is -2.17. The van der Waals surface area contributed by atoms with Gasteiger partial charge in [0.05, 0.1) is 11.6 Å². The van der Waals surface area contributed by atoms with Crippen LogP contribution in [0.4, 0.5) is 10.1 Å². The van der Waals surface area contributed by atoms with Gasteiger partial charge in [-0.2, -0.15) is 0 Å². The first kappa shape index (κ1) is 21.0. The summed E-state index contributed by atoms with van der Waals surface area (Å²) in [7, 11) is 0. The second kappa shape index (κ2) is 9.66. The minimum absolute atomic E-state index is 0.206. The number of rotatable bonds is 8. The summed E-state index contributed by atoms with van der Waals surface area (Å²) in [6.07, 6.45) is 0. The van der Waals surface area contributed by atoms with Crippen LogP contribution in [0.25, 0.3) is 0 Å². The predicted molar refractivity (Wildman–Crippen MR) is 117 cm³/mol. The highest BCUT2D eigenvalue weighted by Gasteiger charge is 2.13. The zero-order valence-corrected chi connectivity index (χ0v) is 17.6. The molecule has 0 unspecified atom stereocenters. The highest BCUT2D eigenvalue weighted by molar-refractivity contribution is 6.32. The minimum atomic E-state index is -0.296. The fraction of sp³-hybridized carbons (Fsp3) is 0.250. The van der Waals surface area contributed by atoms with E-state index >= 15 is 0 Å². The monoisotopic (exact) mass is 413 g/mol. The summed E-state index contributed by atoms with van der Waals surface area (Å²) in [5.74, 6) is 0.748. The molecule has 3 rings (SSSR count). The van der Waals surface area contributed by atoms with Gasteiger partial charge < -0.3 is 14.8 Å². The van der Waals surface area contributed by atoms with Crippen molar-refractivity contribution in [2.45, 2.75) is 33.9 Å². The number of ether oxygens (including phenoxy) is 2. The zero-order chi connectivity index (χ0) is 20.8. The van der Waals surface area contributed by atoms with Gasteiger partial charge in [0.15, 0.2) is 11.5 Å². The largest absolute Gasteiger partial charge is 0.490 e. The van der Waals surface area contributed by atoms with Crippen molar-refractivity contribution in [2.75, 3.05) is 11.9 Å². The molecule has 0 aromatic heterocycles. The average Bonchev–Trinajstić information content (AvgIpc) is 2.69. The van der Waals surface area contributed by atoms with Crippen molar-refractivity contribution in [1.82, 2.24) is 0 Å². The summed E-state index contributed by atoms with van der Waals surface area (Å²) in [4.78, 5) is 0. The van der Waals surface area contributed by atoms with Crippen LogP contribution in [0, 0.1) is 19.7 Å². The molecule has 0 saturated heterocycles. The third-order valence-corrected chi connectivity index (χ3v) is 5.01. The molecule has 0 aliphatic heterocycles. The van der Waals surface area contributed by atoms with E-state index in [1.54, 1.807) is 12.1 Å². The van der Waals surface area contributed by atoms with Crippen LogP contribution in [0.1, 0.15) is 29.2 Å². The molecule has 0 saturated carbocycles. The minimum Gasteiger partial charge on any atom is -0.490 e. The van der Waals surface area contributed by atoms with Crippen LogP contribution >= 0.6 is 11.6 Å². The van der Waals surface area contributed by atoms with Crippen LogP contribution < -0.4 is 14.8 Å². The first-order chi connectivity index (χ1) is 14.0. The molecule has 0 atom stereocenters. The van der Waals surface area contributed by atoms with E-state index in [0.29, 0.717) is 29.7 Å². The van der Waals surface area contributed by atoms with E-state index in [-0.39, 0.29) is 12.4 Å². The van der Waals surface area contributed by atoms with Gasteiger partial charge in [0, 0.05) is 12.2 Å². The Hall–Kier alpha value is -2.72. The van der Waals surface area contributed by atoms with Gasteiger partial charge in [0.25, 0.3) is 0 Å². The number of hydrogen-bond donors (Lipinski definition) is 1. The molecule has 0 radical (unpaired) electrons. The van der Waals surface area contributed by atoms with Gasteiger partial charge in [-0.3, -0.25) is 0 Å². The van der Waals surface area contributed by atoms with Crippen LogP contribution in [0.3, 0.4) is 0 Å². The lowest BCUT2D eigenvalue weighted by atomic mass is 10.1. The van der Waals surface area contributed by atoms with Crippen molar-refractivity contribution in [1.29, 1.82) is 0 Å². The quantitative estimate of drug-likeness (QED) is 0.446. The Morgan fingerprint density at radius 2 is 1.76 bits per heavy atom. The van der Waals surface area contributed by atoms with Gasteiger partial charge >= 0.3 is 0 Å². The van der Waals surface area contributed by atoms with E-state index in [9.17, 15) is 4.39 Å². The molecule has 0 spiro atoms. The molecule has 3 aromatic rings. The number of halogens is 2. The second-order valence-electron chi connectivity index (χ2n) is 6.86. The number of nitrogens with one attached hydrogen (secondary N) is 1. The molecule has 29 heavy (non-hydrogen) atoms. The number of hydrogen-bond acceptors (Lipinski definition) is 3. The van der Waals surface area contributed by atoms with E-state index in [2.05, 4.69) is 31.3 Å². The van der Waals surface area contributed by atoms with Crippen LogP contribution in [0.2, 0.25) is 5.02 Å².